The maximum Gasteiger partial charge on any atom is 0.240 e. The Labute approximate surface area is 126 Å². The fourth-order valence-electron chi connectivity index (χ4n) is 2.56. The maximum absolute atomic E-state index is 12.9. The molecular formula is C15H23FN2O2S. The molecule has 1 aromatic carbocycles. The molecule has 4 nitrogen and oxygen atoms in total. The van der Waals surface area contributed by atoms with Crippen molar-refractivity contribution in [3.05, 3.63) is 30.1 Å². The van der Waals surface area contributed by atoms with Crippen molar-refractivity contribution in [3.8, 4) is 0 Å². The lowest BCUT2D eigenvalue weighted by molar-refractivity contribution is 0.205. The van der Waals surface area contributed by atoms with Gasteiger partial charge in [0.05, 0.1) is 4.90 Å². The molecule has 1 saturated heterocycles. The third-order valence-electron chi connectivity index (χ3n) is 3.86. The smallest absolute Gasteiger partial charge is 0.240 e. The summed E-state index contributed by atoms with van der Waals surface area (Å²) in [6, 6.07) is 4.91. The molecule has 1 aliphatic rings. The van der Waals surface area contributed by atoms with Crippen LogP contribution in [0.3, 0.4) is 0 Å². The highest BCUT2D eigenvalue weighted by atomic mass is 32.2. The first-order chi connectivity index (χ1) is 10.0. The molecule has 6 heteroatoms. The Morgan fingerprint density at radius 2 is 1.86 bits per heavy atom. The molecule has 1 heterocycles. The van der Waals surface area contributed by atoms with Gasteiger partial charge in [0.15, 0.2) is 0 Å². The molecule has 0 bridgehead atoms. The van der Waals surface area contributed by atoms with Gasteiger partial charge in [-0.1, -0.05) is 13.3 Å². The van der Waals surface area contributed by atoms with E-state index in [4.69, 9.17) is 0 Å². The van der Waals surface area contributed by atoms with Gasteiger partial charge in [0.2, 0.25) is 10.0 Å². The number of sulfonamides is 1. The van der Waals surface area contributed by atoms with E-state index < -0.39 is 15.8 Å². The first-order valence-electron chi connectivity index (χ1n) is 7.51. The molecule has 0 unspecified atom stereocenters. The fourth-order valence-corrected chi connectivity index (χ4v) is 3.86. The summed E-state index contributed by atoms with van der Waals surface area (Å²) in [6.45, 7) is 5.12. The van der Waals surface area contributed by atoms with E-state index in [2.05, 4.69) is 16.5 Å². The third-order valence-corrected chi connectivity index (χ3v) is 5.40. The third kappa shape index (κ3) is 4.76. The van der Waals surface area contributed by atoms with Crippen LogP contribution in [0.25, 0.3) is 0 Å². The number of hydrogen-bond acceptors (Lipinski definition) is 3. The normalized spacial score (nSPS) is 18.0. The summed E-state index contributed by atoms with van der Waals surface area (Å²) in [5.74, 6) is -0.432. The van der Waals surface area contributed by atoms with Crippen LogP contribution < -0.4 is 4.72 Å². The second-order valence-corrected chi connectivity index (χ2v) is 7.26. The standard InChI is InChI=1S/C15H23FN2O2S/c1-2-3-10-18-11-8-14(9-12-18)17-21(19,20)15-6-4-13(16)5-7-15/h4-7,14,17H,2-3,8-12H2,1H3. The molecule has 1 aromatic rings. The van der Waals surface area contributed by atoms with Crippen LogP contribution in [0.5, 0.6) is 0 Å². The molecule has 0 saturated carbocycles. The number of nitrogens with one attached hydrogen (secondary N) is 1. The van der Waals surface area contributed by atoms with Gasteiger partial charge in [-0.05, 0) is 63.2 Å². The van der Waals surface area contributed by atoms with Crippen LogP contribution in [0.4, 0.5) is 4.39 Å². The predicted octanol–water partition coefficient (Wildman–Crippen LogP) is 2.37. The zero-order valence-corrected chi connectivity index (χ0v) is 13.2. The fraction of sp³-hybridized carbons (Fsp3) is 0.600. The van der Waals surface area contributed by atoms with Gasteiger partial charge in [-0.25, -0.2) is 17.5 Å². The number of nitrogens with zero attached hydrogens (tertiary/aromatic N) is 1. The first kappa shape index (κ1) is 16.4. The molecule has 1 fully saturated rings. The monoisotopic (exact) mass is 314 g/mol. The second-order valence-electron chi connectivity index (χ2n) is 5.54. The Kier molecular flexibility index (Phi) is 5.72. The highest BCUT2D eigenvalue weighted by Crippen LogP contribution is 2.15. The summed E-state index contributed by atoms with van der Waals surface area (Å²) >= 11 is 0. The quantitative estimate of drug-likeness (QED) is 0.877. The molecule has 0 spiro atoms. The zero-order valence-electron chi connectivity index (χ0n) is 12.4. The van der Waals surface area contributed by atoms with Crippen molar-refractivity contribution in [3.63, 3.8) is 0 Å². The van der Waals surface area contributed by atoms with Crippen molar-refractivity contribution in [1.29, 1.82) is 0 Å². The Balaban J connectivity index is 1.89. The minimum Gasteiger partial charge on any atom is -0.303 e. The first-order valence-corrected chi connectivity index (χ1v) is 9.00. The van der Waals surface area contributed by atoms with E-state index in [9.17, 15) is 12.8 Å². The van der Waals surface area contributed by atoms with E-state index in [1.165, 1.54) is 37.1 Å². The molecule has 0 atom stereocenters. The molecule has 0 amide bonds. The number of hydrogen-bond donors (Lipinski definition) is 1. The lowest BCUT2D eigenvalue weighted by Crippen LogP contribution is -2.44. The maximum atomic E-state index is 12.9. The number of unbranched alkanes of at least 4 members (excludes halogenated alkanes) is 1. The summed E-state index contributed by atoms with van der Waals surface area (Å²) in [5.41, 5.74) is 0. The van der Waals surface area contributed by atoms with Crippen molar-refractivity contribution in [1.82, 2.24) is 9.62 Å². The molecule has 0 radical (unpaired) electrons. The van der Waals surface area contributed by atoms with Gasteiger partial charge in [0.1, 0.15) is 5.82 Å². The number of halogens is 1. The summed E-state index contributed by atoms with van der Waals surface area (Å²) in [6.07, 6.45) is 4.01. The number of piperidine rings is 1. The summed E-state index contributed by atoms with van der Waals surface area (Å²) < 4.78 is 40.0. The lowest BCUT2D eigenvalue weighted by atomic mass is 10.1. The van der Waals surface area contributed by atoms with Gasteiger partial charge in [-0.15, -0.1) is 0 Å². The Morgan fingerprint density at radius 1 is 1.24 bits per heavy atom. The van der Waals surface area contributed by atoms with Crippen LogP contribution in [0.15, 0.2) is 29.2 Å². The number of rotatable bonds is 6. The van der Waals surface area contributed by atoms with Crippen molar-refractivity contribution >= 4 is 10.0 Å². The molecular weight excluding hydrogens is 291 g/mol. The Morgan fingerprint density at radius 3 is 2.43 bits per heavy atom. The summed E-state index contributed by atoms with van der Waals surface area (Å²) in [4.78, 5) is 2.50. The Bertz CT molecular complexity index is 537. The molecule has 21 heavy (non-hydrogen) atoms. The van der Waals surface area contributed by atoms with Gasteiger partial charge < -0.3 is 4.90 Å². The average Bonchev–Trinajstić information content (AvgIpc) is 2.47. The molecule has 0 aliphatic carbocycles. The van der Waals surface area contributed by atoms with E-state index in [0.717, 1.165) is 32.5 Å². The SMILES string of the molecule is CCCCN1CCC(NS(=O)(=O)c2ccc(F)cc2)CC1. The minimum absolute atomic E-state index is 0.0297. The molecule has 1 N–H and O–H groups in total. The van der Waals surface area contributed by atoms with E-state index in [1.807, 2.05) is 0 Å². The van der Waals surface area contributed by atoms with Crippen molar-refractivity contribution < 1.29 is 12.8 Å². The topological polar surface area (TPSA) is 49.4 Å². The van der Waals surface area contributed by atoms with E-state index in [1.54, 1.807) is 0 Å². The summed E-state index contributed by atoms with van der Waals surface area (Å²) in [7, 11) is -3.55. The van der Waals surface area contributed by atoms with Gasteiger partial charge in [0.25, 0.3) is 0 Å². The van der Waals surface area contributed by atoms with Crippen LogP contribution in [0.1, 0.15) is 32.6 Å². The van der Waals surface area contributed by atoms with Crippen LogP contribution in [0, 0.1) is 5.82 Å². The number of benzene rings is 1. The van der Waals surface area contributed by atoms with Crippen molar-refractivity contribution in [2.75, 3.05) is 19.6 Å². The predicted molar refractivity (Wildman–Crippen MR) is 81.1 cm³/mol. The molecule has 1 aliphatic heterocycles. The van der Waals surface area contributed by atoms with E-state index in [0.29, 0.717) is 0 Å². The second kappa shape index (κ2) is 7.33. The van der Waals surface area contributed by atoms with Gasteiger partial charge >= 0.3 is 0 Å². The number of likely N-dealkylation sites (tertiary alicyclic amines) is 1. The van der Waals surface area contributed by atoms with Crippen molar-refractivity contribution in [2.45, 2.75) is 43.5 Å². The van der Waals surface area contributed by atoms with E-state index >= 15 is 0 Å². The van der Waals surface area contributed by atoms with Gasteiger partial charge in [-0.2, -0.15) is 0 Å². The molecule has 0 aromatic heterocycles. The average molecular weight is 314 g/mol. The summed E-state index contributed by atoms with van der Waals surface area (Å²) in [5, 5.41) is 0. The highest BCUT2D eigenvalue weighted by molar-refractivity contribution is 7.89. The van der Waals surface area contributed by atoms with Crippen molar-refractivity contribution in [2.24, 2.45) is 0 Å². The lowest BCUT2D eigenvalue weighted by Gasteiger charge is -2.32. The van der Waals surface area contributed by atoms with Crippen LogP contribution in [0.2, 0.25) is 0 Å². The van der Waals surface area contributed by atoms with Crippen LogP contribution in [-0.2, 0) is 10.0 Å². The van der Waals surface area contributed by atoms with Crippen LogP contribution in [-0.4, -0.2) is 39.0 Å². The highest BCUT2D eigenvalue weighted by Gasteiger charge is 2.24. The van der Waals surface area contributed by atoms with Gasteiger partial charge in [-0.3, -0.25) is 0 Å². The largest absolute Gasteiger partial charge is 0.303 e. The van der Waals surface area contributed by atoms with Crippen LogP contribution >= 0.6 is 0 Å². The van der Waals surface area contributed by atoms with Gasteiger partial charge in [0, 0.05) is 6.04 Å². The van der Waals surface area contributed by atoms with E-state index in [-0.39, 0.29) is 10.9 Å². The molecule has 2 rings (SSSR count). The Hall–Kier alpha value is -0.980. The zero-order chi connectivity index (χ0) is 15.3. The minimum atomic E-state index is -3.55. The molecule has 118 valence electrons.